The van der Waals surface area contributed by atoms with Gasteiger partial charge in [0.05, 0.1) is 0 Å². The molecule has 0 spiro atoms. The van der Waals surface area contributed by atoms with E-state index in [0.717, 1.165) is 12.0 Å². The molecule has 1 aromatic rings. The SMILES string of the molecule is CC/C=C(\C)c1ccc(F)cc1. The van der Waals surface area contributed by atoms with Crippen molar-refractivity contribution in [1.29, 1.82) is 0 Å². The molecule has 0 aliphatic carbocycles. The second-order valence-corrected chi connectivity index (χ2v) is 2.80. The van der Waals surface area contributed by atoms with E-state index in [2.05, 4.69) is 13.0 Å². The zero-order valence-corrected chi connectivity index (χ0v) is 7.47. The second-order valence-electron chi connectivity index (χ2n) is 2.80. The van der Waals surface area contributed by atoms with Gasteiger partial charge < -0.3 is 0 Å². The third kappa shape index (κ3) is 2.19. The van der Waals surface area contributed by atoms with E-state index in [1.165, 1.54) is 17.7 Å². The molecule has 0 N–H and O–H groups in total. The Labute approximate surface area is 72.7 Å². The zero-order chi connectivity index (χ0) is 8.97. The van der Waals surface area contributed by atoms with Crippen LogP contribution in [-0.4, -0.2) is 0 Å². The van der Waals surface area contributed by atoms with Gasteiger partial charge in [-0.2, -0.15) is 0 Å². The van der Waals surface area contributed by atoms with Crippen LogP contribution in [0.4, 0.5) is 4.39 Å². The molecule has 1 aromatic carbocycles. The first-order valence-corrected chi connectivity index (χ1v) is 4.16. The van der Waals surface area contributed by atoms with Crippen molar-refractivity contribution < 1.29 is 4.39 Å². The van der Waals surface area contributed by atoms with E-state index >= 15 is 0 Å². The lowest BCUT2D eigenvalue weighted by Gasteiger charge is -1.99. The lowest BCUT2D eigenvalue weighted by Crippen LogP contribution is -1.79. The zero-order valence-electron chi connectivity index (χ0n) is 7.47. The van der Waals surface area contributed by atoms with E-state index in [1.807, 2.05) is 6.92 Å². The molecule has 0 saturated carbocycles. The number of halogens is 1. The van der Waals surface area contributed by atoms with Gasteiger partial charge in [-0.15, -0.1) is 0 Å². The van der Waals surface area contributed by atoms with Crippen molar-refractivity contribution in [1.82, 2.24) is 0 Å². The quantitative estimate of drug-likeness (QED) is 0.626. The summed E-state index contributed by atoms with van der Waals surface area (Å²) >= 11 is 0. The Morgan fingerprint density at radius 3 is 2.42 bits per heavy atom. The first-order chi connectivity index (χ1) is 5.74. The van der Waals surface area contributed by atoms with Gasteiger partial charge in [0.25, 0.3) is 0 Å². The van der Waals surface area contributed by atoms with Crippen molar-refractivity contribution >= 4 is 5.57 Å². The number of hydrogen-bond acceptors (Lipinski definition) is 0. The summed E-state index contributed by atoms with van der Waals surface area (Å²) in [6, 6.07) is 6.58. The van der Waals surface area contributed by atoms with Crippen LogP contribution in [0.15, 0.2) is 30.3 Å². The maximum Gasteiger partial charge on any atom is 0.123 e. The Balaban J connectivity index is 2.89. The lowest BCUT2D eigenvalue weighted by molar-refractivity contribution is 0.627. The van der Waals surface area contributed by atoms with Gasteiger partial charge in [0, 0.05) is 0 Å². The lowest BCUT2D eigenvalue weighted by atomic mass is 10.1. The molecule has 0 nitrogen and oxygen atoms in total. The van der Waals surface area contributed by atoms with Crippen LogP contribution < -0.4 is 0 Å². The third-order valence-corrected chi connectivity index (χ3v) is 1.81. The van der Waals surface area contributed by atoms with Gasteiger partial charge in [0.15, 0.2) is 0 Å². The molecule has 0 aliphatic heterocycles. The van der Waals surface area contributed by atoms with Gasteiger partial charge in [-0.3, -0.25) is 0 Å². The highest BCUT2D eigenvalue weighted by Gasteiger charge is 1.94. The monoisotopic (exact) mass is 164 g/mol. The summed E-state index contributed by atoms with van der Waals surface area (Å²) in [6.07, 6.45) is 3.15. The highest BCUT2D eigenvalue weighted by molar-refractivity contribution is 5.63. The molecule has 0 amide bonds. The van der Waals surface area contributed by atoms with Crippen molar-refractivity contribution in [2.24, 2.45) is 0 Å². The summed E-state index contributed by atoms with van der Waals surface area (Å²) in [5.74, 6) is -0.178. The van der Waals surface area contributed by atoms with Crippen LogP contribution in [0.2, 0.25) is 0 Å². The highest BCUT2D eigenvalue weighted by atomic mass is 19.1. The van der Waals surface area contributed by atoms with E-state index < -0.39 is 0 Å². The van der Waals surface area contributed by atoms with Crippen LogP contribution in [0.3, 0.4) is 0 Å². The summed E-state index contributed by atoms with van der Waals surface area (Å²) in [7, 11) is 0. The van der Waals surface area contributed by atoms with Gasteiger partial charge in [-0.05, 0) is 36.6 Å². The molecule has 0 aliphatic rings. The normalized spacial score (nSPS) is 11.8. The molecule has 0 radical (unpaired) electrons. The van der Waals surface area contributed by atoms with Crippen molar-refractivity contribution in [2.45, 2.75) is 20.3 Å². The van der Waals surface area contributed by atoms with Crippen molar-refractivity contribution in [3.63, 3.8) is 0 Å². The van der Waals surface area contributed by atoms with Crippen molar-refractivity contribution in [2.75, 3.05) is 0 Å². The maximum atomic E-state index is 12.5. The first-order valence-electron chi connectivity index (χ1n) is 4.16. The number of rotatable bonds is 2. The smallest absolute Gasteiger partial charge is 0.123 e. The van der Waals surface area contributed by atoms with Gasteiger partial charge >= 0.3 is 0 Å². The minimum Gasteiger partial charge on any atom is -0.207 e. The topological polar surface area (TPSA) is 0 Å². The molecule has 0 heterocycles. The largest absolute Gasteiger partial charge is 0.207 e. The molecule has 0 unspecified atom stereocenters. The van der Waals surface area contributed by atoms with Crippen LogP contribution >= 0.6 is 0 Å². The van der Waals surface area contributed by atoms with E-state index in [1.54, 1.807) is 12.1 Å². The predicted octanol–water partition coefficient (Wildman–Crippen LogP) is 3.64. The molecule has 0 aromatic heterocycles. The molecule has 0 fully saturated rings. The molecular formula is C11H13F. The Morgan fingerprint density at radius 2 is 1.92 bits per heavy atom. The number of benzene rings is 1. The average Bonchev–Trinajstić information content (AvgIpc) is 2.06. The standard InChI is InChI=1S/C11H13F/c1-3-4-9(2)10-5-7-11(12)8-6-10/h4-8H,3H2,1-2H3/b9-4+. The van der Waals surface area contributed by atoms with Gasteiger partial charge in [-0.25, -0.2) is 4.39 Å². The van der Waals surface area contributed by atoms with E-state index in [9.17, 15) is 4.39 Å². The molecule has 0 atom stereocenters. The van der Waals surface area contributed by atoms with Crippen LogP contribution in [0.25, 0.3) is 5.57 Å². The molecular weight excluding hydrogens is 151 g/mol. The number of hydrogen-bond donors (Lipinski definition) is 0. The minimum absolute atomic E-state index is 0.178. The highest BCUT2D eigenvalue weighted by Crippen LogP contribution is 2.14. The van der Waals surface area contributed by atoms with Crippen LogP contribution in [0.1, 0.15) is 25.8 Å². The molecule has 0 saturated heterocycles. The van der Waals surface area contributed by atoms with E-state index in [-0.39, 0.29) is 5.82 Å². The van der Waals surface area contributed by atoms with Crippen molar-refractivity contribution in [3.05, 3.63) is 41.7 Å². The van der Waals surface area contributed by atoms with Gasteiger partial charge in [0.1, 0.15) is 5.82 Å². The summed E-state index contributed by atoms with van der Waals surface area (Å²) in [5, 5.41) is 0. The molecule has 12 heavy (non-hydrogen) atoms. The summed E-state index contributed by atoms with van der Waals surface area (Å²) in [5.41, 5.74) is 2.30. The average molecular weight is 164 g/mol. The Hall–Kier alpha value is -1.11. The molecule has 64 valence electrons. The minimum atomic E-state index is -0.178. The van der Waals surface area contributed by atoms with E-state index in [0.29, 0.717) is 0 Å². The fourth-order valence-corrected chi connectivity index (χ4v) is 1.14. The van der Waals surface area contributed by atoms with Gasteiger partial charge in [-0.1, -0.05) is 25.1 Å². The first kappa shape index (κ1) is 8.98. The summed E-state index contributed by atoms with van der Waals surface area (Å²) in [4.78, 5) is 0. The number of allylic oxidation sites excluding steroid dienone is 2. The second kappa shape index (κ2) is 4.05. The fourth-order valence-electron chi connectivity index (χ4n) is 1.14. The predicted molar refractivity (Wildman–Crippen MR) is 50.3 cm³/mol. The van der Waals surface area contributed by atoms with Crippen LogP contribution in [0, 0.1) is 5.82 Å². The van der Waals surface area contributed by atoms with Crippen LogP contribution in [0.5, 0.6) is 0 Å². The summed E-state index contributed by atoms with van der Waals surface area (Å²) < 4.78 is 12.5. The van der Waals surface area contributed by atoms with E-state index in [4.69, 9.17) is 0 Å². The van der Waals surface area contributed by atoms with Crippen molar-refractivity contribution in [3.8, 4) is 0 Å². The van der Waals surface area contributed by atoms with Gasteiger partial charge in [0.2, 0.25) is 0 Å². The molecule has 0 bridgehead atoms. The Morgan fingerprint density at radius 1 is 1.33 bits per heavy atom. The maximum absolute atomic E-state index is 12.5. The molecule has 1 rings (SSSR count). The third-order valence-electron chi connectivity index (χ3n) is 1.81. The Bertz CT molecular complexity index is 270. The Kier molecular flexibility index (Phi) is 3.03. The fraction of sp³-hybridized carbons (Fsp3) is 0.273. The summed E-state index contributed by atoms with van der Waals surface area (Å²) in [6.45, 7) is 4.13. The van der Waals surface area contributed by atoms with Crippen LogP contribution in [-0.2, 0) is 0 Å². The molecule has 1 heteroatoms.